The van der Waals surface area contributed by atoms with Crippen molar-refractivity contribution in [2.24, 2.45) is 0 Å². The van der Waals surface area contributed by atoms with E-state index in [4.69, 9.17) is 10.00 Å². The molecule has 1 fully saturated rings. The molecule has 6 heteroatoms. The predicted molar refractivity (Wildman–Crippen MR) is 59.2 cm³/mol. The van der Waals surface area contributed by atoms with Gasteiger partial charge in [-0.05, 0) is 18.2 Å². The lowest BCUT2D eigenvalue weighted by molar-refractivity contribution is -0.137. The molecule has 1 aromatic carbocycles. The Morgan fingerprint density at radius 1 is 1.17 bits per heavy atom. The van der Waals surface area contributed by atoms with Crippen molar-refractivity contribution in [2.45, 2.75) is 6.18 Å². The fourth-order valence-electron chi connectivity index (χ4n) is 1.84. The molecule has 18 heavy (non-hydrogen) atoms. The van der Waals surface area contributed by atoms with E-state index >= 15 is 0 Å². The monoisotopic (exact) mass is 256 g/mol. The fraction of sp³-hybridized carbons (Fsp3) is 0.417. The minimum absolute atomic E-state index is 0.0197. The van der Waals surface area contributed by atoms with E-state index in [0.717, 1.165) is 12.1 Å². The first-order valence-electron chi connectivity index (χ1n) is 5.46. The van der Waals surface area contributed by atoms with Crippen molar-refractivity contribution in [3.05, 3.63) is 29.3 Å². The Morgan fingerprint density at radius 2 is 1.83 bits per heavy atom. The first kappa shape index (κ1) is 12.7. The van der Waals surface area contributed by atoms with Crippen LogP contribution in [0, 0.1) is 11.3 Å². The molecule has 0 amide bonds. The Hall–Kier alpha value is -1.74. The van der Waals surface area contributed by atoms with Crippen LogP contribution in [0.25, 0.3) is 0 Å². The van der Waals surface area contributed by atoms with Gasteiger partial charge in [0.1, 0.15) is 0 Å². The quantitative estimate of drug-likeness (QED) is 0.774. The van der Waals surface area contributed by atoms with Crippen molar-refractivity contribution in [3.63, 3.8) is 0 Å². The zero-order valence-corrected chi connectivity index (χ0v) is 9.50. The fourth-order valence-corrected chi connectivity index (χ4v) is 1.84. The van der Waals surface area contributed by atoms with E-state index in [9.17, 15) is 13.2 Å². The molecule has 1 heterocycles. The second kappa shape index (κ2) is 4.86. The first-order valence-corrected chi connectivity index (χ1v) is 5.46. The lowest BCUT2D eigenvalue weighted by Gasteiger charge is -2.29. The van der Waals surface area contributed by atoms with Crippen LogP contribution >= 0.6 is 0 Å². The van der Waals surface area contributed by atoms with Gasteiger partial charge in [0.05, 0.1) is 30.4 Å². The molecule has 1 aliphatic heterocycles. The highest BCUT2D eigenvalue weighted by Crippen LogP contribution is 2.33. The molecule has 0 unspecified atom stereocenters. The highest BCUT2D eigenvalue weighted by atomic mass is 19.4. The molecule has 0 aliphatic carbocycles. The zero-order chi connectivity index (χ0) is 13.2. The lowest BCUT2D eigenvalue weighted by Crippen LogP contribution is -2.36. The Labute approximate surface area is 102 Å². The van der Waals surface area contributed by atoms with Gasteiger partial charge in [0.25, 0.3) is 0 Å². The summed E-state index contributed by atoms with van der Waals surface area (Å²) in [6.07, 6.45) is -4.44. The molecule has 0 aromatic heterocycles. The van der Waals surface area contributed by atoms with E-state index < -0.39 is 11.7 Å². The number of morpholine rings is 1. The Morgan fingerprint density at radius 3 is 2.39 bits per heavy atom. The second-order valence-corrected chi connectivity index (χ2v) is 3.98. The molecule has 0 radical (unpaired) electrons. The van der Waals surface area contributed by atoms with Gasteiger partial charge < -0.3 is 9.64 Å². The average molecular weight is 256 g/mol. The molecule has 0 spiro atoms. The van der Waals surface area contributed by atoms with Crippen LogP contribution in [0.3, 0.4) is 0 Å². The highest BCUT2D eigenvalue weighted by molar-refractivity contribution is 5.55. The summed E-state index contributed by atoms with van der Waals surface area (Å²) in [6, 6.07) is 5.17. The van der Waals surface area contributed by atoms with Gasteiger partial charge in [-0.1, -0.05) is 0 Å². The van der Waals surface area contributed by atoms with E-state index in [1.165, 1.54) is 6.07 Å². The van der Waals surface area contributed by atoms with Crippen LogP contribution < -0.4 is 4.90 Å². The van der Waals surface area contributed by atoms with Crippen molar-refractivity contribution < 1.29 is 17.9 Å². The molecule has 0 saturated carbocycles. The highest BCUT2D eigenvalue weighted by Gasteiger charge is 2.31. The van der Waals surface area contributed by atoms with Gasteiger partial charge in [-0.3, -0.25) is 0 Å². The summed E-state index contributed by atoms with van der Waals surface area (Å²) in [7, 11) is 0. The predicted octanol–water partition coefficient (Wildman–Crippen LogP) is 2.41. The summed E-state index contributed by atoms with van der Waals surface area (Å²) in [5, 5.41) is 8.79. The van der Waals surface area contributed by atoms with Crippen LogP contribution in [0.4, 0.5) is 18.9 Å². The van der Waals surface area contributed by atoms with Crippen LogP contribution in [0.2, 0.25) is 0 Å². The number of hydrogen-bond acceptors (Lipinski definition) is 3. The number of nitrogens with zero attached hydrogens (tertiary/aromatic N) is 2. The van der Waals surface area contributed by atoms with Gasteiger partial charge in [0.15, 0.2) is 0 Å². The molecule has 1 aromatic rings. The summed E-state index contributed by atoms with van der Waals surface area (Å²) >= 11 is 0. The van der Waals surface area contributed by atoms with E-state index in [1.807, 2.05) is 0 Å². The number of benzene rings is 1. The normalized spacial score (nSPS) is 16.4. The van der Waals surface area contributed by atoms with Gasteiger partial charge in [-0.2, -0.15) is 18.4 Å². The number of nitriles is 1. The van der Waals surface area contributed by atoms with Crippen LogP contribution in [0.15, 0.2) is 18.2 Å². The third-order valence-electron chi connectivity index (χ3n) is 2.75. The molecule has 0 atom stereocenters. The van der Waals surface area contributed by atoms with Crippen molar-refractivity contribution in [1.29, 1.82) is 5.26 Å². The number of hydrogen-bond donors (Lipinski definition) is 0. The van der Waals surface area contributed by atoms with Gasteiger partial charge in [-0.25, -0.2) is 0 Å². The van der Waals surface area contributed by atoms with Gasteiger partial charge in [0, 0.05) is 18.8 Å². The number of halogens is 3. The molecule has 3 nitrogen and oxygen atoms in total. The Balaban J connectivity index is 2.38. The molecule has 1 aliphatic rings. The minimum atomic E-state index is -4.44. The molecule has 1 saturated heterocycles. The number of rotatable bonds is 1. The van der Waals surface area contributed by atoms with Gasteiger partial charge in [0.2, 0.25) is 0 Å². The topological polar surface area (TPSA) is 36.3 Å². The van der Waals surface area contributed by atoms with E-state index in [-0.39, 0.29) is 5.56 Å². The maximum absolute atomic E-state index is 12.7. The number of alkyl halides is 3. The SMILES string of the molecule is N#Cc1cc(N2CCOCC2)cc(C(F)(F)F)c1. The molecular formula is C12H11F3N2O. The van der Waals surface area contributed by atoms with E-state index in [1.54, 1.807) is 11.0 Å². The standard InChI is InChI=1S/C12H11F3N2O/c13-12(14,15)10-5-9(8-16)6-11(7-10)17-1-3-18-4-2-17/h5-7H,1-4H2. The van der Waals surface area contributed by atoms with Gasteiger partial charge >= 0.3 is 6.18 Å². The van der Waals surface area contributed by atoms with E-state index in [0.29, 0.717) is 32.0 Å². The average Bonchev–Trinajstić information content (AvgIpc) is 2.38. The number of ether oxygens (including phenoxy) is 1. The lowest BCUT2D eigenvalue weighted by atomic mass is 10.1. The summed E-state index contributed by atoms with van der Waals surface area (Å²) in [6.45, 7) is 2.04. The van der Waals surface area contributed by atoms with Crippen molar-refractivity contribution in [1.82, 2.24) is 0 Å². The minimum Gasteiger partial charge on any atom is -0.378 e. The smallest absolute Gasteiger partial charge is 0.378 e. The third kappa shape index (κ3) is 2.74. The largest absolute Gasteiger partial charge is 0.416 e. The Kier molecular flexibility index (Phi) is 3.43. The molecule has 0 bridgehead atoms. The van der Waals surface area contributed by atoms with Gasteiger partial charge in [-0.15, -0.1) is 0 Å². The third-order valence-corrected chi connectivity index (χ3v) is 2.75. The second-order valence-electron chi connectivity index (χ2n) is 3.98. The number of anilines is 1. The van der Waals surface area contributed by atoms with Crippen LogP contribution in [0.1, 0.15) is 11.1 Å². The van der Waals surface area contributed by atoms with Crippen molar-refractivity contribution in [2.75, 3.05) is 31.2 Å². The summed E-state index contributed by atoms with van der Waals surface area (Å²) in [4.78, 5) is 1.79. The van der Waals surface area contributed by atoms with E-state index in [2.05, 4.69) is 0 Å². The Bertz CT molecular complexity index is 473. The van der Waals surface area contributed by atoms with Crippen LogP contribution in [-0.4, -0.2) is 26.3 Å². The molecule has 96 valence electrons. The van der Waals surface area contributed by atoms with Crippen LogP contribution in [0.5, 0.6) is 0 Å². The molecule has 2 rings (SSSR count). The molecule has 0 N–H and O–H groups in total. The summed E-state index contributed by atoms with van der Waals surface area (Å²) in [5.41, 5.74) is -0.348. The summed E-state index contributed by atoms with van der Waals surface area (Å²) < 4.78 is 43.2. The summed E-state index contributed by atoms with van der Waals surface area (Å²) in [5.74, 6) is 0. The first-order chi connectivity index (χ1) is 8.50. The maximum Gasteiger partial charge on any atom is 0.416 e. The van der Waals surface area contributed by atoms with Crippen LogP contribution in [-0.2, 0) is 10.9 Å². The molecular weight excluding hydrogens is 245 g/mol. The van der Waals surface area contributed by atoms with Crippen molar-refractivity contribution >= 4 is 5.69 Å². The zero-order valence-electron chi connectivity index (χ0n) is 9.50. The maximum atomic E-state index is 12.7. The van der Waals surface area contributed by atoms with Crippen molar-refractivity contribution in [3.8, 4) is 6.07 Å².